The normalized spacial score (nSPS) is 10.4. The Kier molecular flexibility index (Phi) is 4.58. The van der Waals surface area contributed by atoms with E-state index in [1.54, 1.807) is 18.2 Å². The van der Waals surface area contributed by atoms with Gasteiger partial charge in [-0.25, -0.2) is 4.98 Å². The number of nitrogens with zero attached hydrogens (tertiary/aromatic N) is 2. The van der Waals surface area contributed by atoms with E-state index in [1.807, 2.05) is 23.6 Å². The molecule has 0 bridgehead atoms. The zero-order chi connectivity index (χ0) is 16.1. The quantitative estimate of drug-likeness (QED) is 0.681. The van der Waals surface area contributed by atoms with Crippen LogP contribution in [0.4, 0.5) is 5.69 Å². The summed E-state index contributed by atoms with van der Waals surface area (Å²) in [4.78, 5) is 28.6. The van der Waals surface area contributed by atoms with Crippen molar-refractivity contribution in [1.29, 1.82) is 0 Å². The largest absolute Gasteiger partial charge is 0.326 e. The molecule has 0 saturated heterocycles. The average Bonchev–Trinajstić information content (AvgIpc) is 3.25. The molecule has 0 spiro atoms. The summed E-state index contributed by atoms with van der Waals surface area (Å²) in [5.41, 5.74) is 1.49. The van der Waals surface area contributed by atoms with Gasteiger partial charge in [0.1, 0.15) is 6.33 Å². The number of rotatable bonds is 6. The SMILES string of the molecule is O=C(CCC(=O)c1cccs1)Nc1cccc(-c2ncn[nH]2)c1. The second-order valence-corrected chi connectivity index (χ2v) is 5.81. The molecule has 3 aromatic rings. The van der Waals surface area contributed by atoms with Crippen LogP contribution < -0.4 is 5.32 Å². The van der Waals surface area contributed by atoms with E-state index in [-0.39, 0.29) is 24.5 Å². The molecule has 2 aromatic heterocycles. The molecule has 1 amide bonds. The van der Waals surface area contributed by atoms with E-state index in [2.05, 4.69) is 20.5 Å². The van der Waals surface area contributed by atoms with Gasteiger partial charge in [0, 0.05) is 24.1 Å². The van der Waals surface area contributed by atoms with Crippen molar-refractivity contribution in [2.45, 2.75) is 12.8 Å². The standard InChI is InChI=1S/C16H14N4O2S/c21-13(14-5-2-8-23-14)6-7-15(22)19-12-4-1-3-11(9-12)16-17-10-18-20-16/h1-5,8-10H,6-7H2,(H,19,22)(H,17,18,20). The van der Waals surface area contributed by atoms with Crippen LogP contribution in [-0.4, -0.2) is 26.9 Å². The number of H-pyrrole nitrogens is 1. The van der Waals surface area contributed by atoms with Crippen LogP contribution in [0, 0.1) is 0 Å². The third-order valence-electron chi connectivity index (χ3n) is 3.21. The zero-order valence-electron chi connectivity index (χ0n) is 12.2. The van der Waals surface area contributed by atoms with Crippen LogP contribution in [0.2, 0.25) is 0 Å². The molecule has 0 atom stereocenters. The number of thiophene rings is 1. The Morgan fingerprint density at radius 3 is 2.83 bits per heavy atom. The molecule has 1 aromatic carbocycles. The number of Topliss-reactive ketones (excluding diaryl/α,β-unsaturated/α-hetero) is 1. The first kappa shape index (κ1) is 15.1. The number of carbonyl (C=O) groups is 2. The summed E-state index contributed by atoms with van der Waals surface area (Å²) in [5, 5.41) is 11.2. The molecule has 116 valence electrons. The van der Waals surface area contributed by atoms with E-state index < -0.39 is 0 Å². The molecule has 0 fully saturated rings. The van der Waals surface area contributed by atoms with Crippen molar-refractivity contribution in [1.82, 2.24) is 15.2 Å². The predicted molar refractivity (Wildman–Crippen MR) is 88.3 cm³/mol. The lowest BCUT2D eigenvalue weighted by Crippen LogP contribution is -2.13. The highest BCUT2D eigenvalue weighted by molar-refractivity contribution is 7.12. The van der Waals surface area contributed by atoms with Crippen molar-refractivity contribution in [3.63, 3.8) is 0 Å². The van der Waals surface area contributed by atoms with Gasteiger partial charge in [-0.2, -0.15) is 5.10 Å². The maximum absolute atomic E-state index is 12.0. The van der Waals surface area contributed by atoms with Gasteiger partial charge in [0.25, 0.3) is 0 Å². The summed E-state index contributed by atoms with van der Waals surface area (Å²) in [7, 11) is 0. The van der Waals surface area contributed by atoms with Crippen LogP contribution in [-0.2, 0) is 4.79 Å². The monoisotopic (exact) mass is 326 g/mol. The van der Waals surface area contributed by atoms with E-state index in [9.17, 15) is 9.59 Å². The number of anilines is 1. The van der Waals surface area contributed by atoms with Crippen molar-refractivity contribution in [2.75, 3.05) is 5.32 Å². The van der Waals surface area contributed by atoms with Crippen molar-refractivity contribution in [2.24, 2.45) is 0 Å². The molecule has 3 rings (SSSR count). The fraction of sp³-hybridized carbons (Fsp3) is 0.125. The highest BCUT2D eigenvalue weighted by atomic mass is 32.1. The third kappa shape index (κ3) is 3.89. The van der Waals surface area contributed by atoms with E-state index in [0.29, 0.717) is 16.4 Å². The summed E-state index contributed by atoms with van der Waals surface area (Å²) >= 11 is 1.39. The van der Waals surface area contributed by atoms with Crippen molar-refractivity contribution >= 4 is 28.7 Å². The van der Waals surface area contributed by atoms with Crippen LogP contribution in [0.5, 0.6) is 0 Å². The van der Waals surface area contributed by atoms with E-state index in [0.717, 1.165) is 5.56 Å². The Bertz CT molecular complexity index is 797. The van der Waals surface area contributed by atoms with Gasteiger partial charge in [-0.1, -0.05) is 18.2 Å². The molecule has 6 nitrogen and oxygen atoms in total. The number of nitrogens with one attached hydrogen (secondary N) is 2. The van der Waals surface area contributed by atoms with Crippen molar-refractivity contribution < 1.29 is 9.59 Å². The highest BCUT2D eigenvalue weighted by Crippen LogP contribution is 2.19. The summed E-state index contributed by atoms with van der Waals surface area (Å²) < 4.78 is 0. The Hall–Kier alpha value is -2.80. The molecule has 2 heterocycles. The van der Waals surface area contributed by atoms with Gasteiger partial charge in [-0.15, -0.1) is 11.3 Å². The average molecular weight is 326 g/mol. The minimum absolute atomic E-state index is 0.00874. The van der Waals surface area contributed by atoms with Gasteiger partial charge >= 0.3 is 0 Å². The fourth-order valence-electron chi connectivity index (χ4n) is 2.10. The first-order chi connectivity index (χ1) is 11.2. The van der Waals surface area contributed by atoms with Crippen LogP contribution in [0.15, 0.2) is 48.1 Å². The number of hydrogen-bond acceptors (Lipinski definition) is 5. The molecule has 23 heavy (non-hydrogen) atoms. The summed E-state index contributed by atoms with van der Waals surface area (Å²) in [6.45, 7) is 0. The molecule has 0 aliphatic rings. The van der Waals surface area contributed by atoms with Crippen LogP contribution in [0.3, 0.4) is 0 Å². The van der Waals surface area contributed by atoms with Crippen LogP contribution >= 0.6 is 11.3 Å². The second-order valence-electron chi connectivity index (χ2n) is 4.86. The molecule has 0 aliphatic carbocycles. The molecular formula is C16H14N4O2S. The maximum Gasteiger partial charge on any atom is 0.224 e. The number of carbonyl (C=O) groups excluding carboxylic acids is 2. The molecule has 0 aliphatic heterocycles. The molecule has 0 unspecified atom stereocenters. The third-order valence-corrected chi connectivity index (χ3v) is 4.12. The smallest absolute Gasteiger partial charge is 0.224 e. The number of hydrogen-bond donors (Lipinski definition) is 2. The van der Waals surface area contributed by atoms with Crippen LogP contribution in [0.25, 0.3) is 11.4 Å². The number of ketones is 1. The molecule has 0 radical (unpaired) electrons. The van der Waals surface area contributed by atoms with E-state index >= 15 is 0 Å². The Morgan fingerprint density at radius 2 is 2.09 bits per heavy atom. The van der Waals surface area contributed by atoms with Crippen molar-refractivity contribution in [3.8, 4) is 11.4 Å². The Labute approximate surface area is 136 Å². The van der Waals surface area contributed by atoms with Gasteiger partial charge in [-0.3, -0.25) is 14.7 Å². The lowest BCUT2D eigenvalue weighted by Gasteiger charge is -2.06. The van der Waals surface area contributed by atoms with E-state index in [1.165, 1.54) is 17.7 Å². The van der Waals surface area contributed by atoms with Crippen molar-refractivity contribution in [3.05, 3.63) is 53.0 Å². The number of benzene rings is 1. The lowest BCUT2D eigenvalue weighted by molar-refractivity contribution is -0.116. The van der Waals surface area contributed by atoms with Gasteiger partial charge in [0.05, 0.1) is 4.88 Å². The lowest BCUT2D eigenvalue weighted by atomic mass is 10.1. The summed E-state index contributed by atoms with van der Waals surface area (Å²) in [5.74, 6) is 0.434. The van der Waals surface area contributed by atoms with Gasteiger partial charge < -0.3 is 5.32 Å². The first-order valence-corrected chi connectivity index (χ1v) is 7.93. The van der Waals surface area contributed by atoms with Gasteiger partial charge in [-0.05, 0) is 23.6 Å². The predicted octanol–water partition coefficient (Wildman–Crippen LogP) is 3.13. The topological polar surface area (TPSA) is 87.7 Å². The number of aromatic nitrogens is 3. The molecule has 0 saturated carbocycles. The van der Waals surface area contributed by atoms with E-state index in [4.69, 9.17) is 0 Å². The maximum atomic E-state index is 12.0. The summed E-state index contributed by atoms with van der Waals surface area (Å²) in [6, 6.07) is 10.9. The number of amides is 1. The van der Waals surface area contributed by atoms with Gasteiger partial charge in [0.2, 0.25) is 5.91 Å². The molecule has 2 N–H and O–H groups in total. The van der Waals surface area contributed by atoms with Crippen LogP contribution in [0.1, 0.15) is 22.5 Å². The minimum Gasteiger partial charge on any atom is -0.326 e. The summed E-state index contributed by atoms with van der Waals surface area (Å²) in [6.07, 6.45) is 1.79. The minimum atomic E-state index is -0.190. The number of aromatic amines is 1. The zero-order valence-corrected chi connectivity index (χ0v) is 13.0. The Morgan fingerprint density at radius 1 is 1.17 bits per heavy atom. The van der Waals surface area contributed by atoms with Gasteiger partial charge in [0.15, 0.2) is 11.6 Å². The second kappa shape index (κ2) is 6.97. The Balaban J connectivity index is 1.58. The first-order valence-electron chi connectivity index (χ1n) is 7.05. The molecule has 7 heteroatoms. The fourth-order valence-corrected chi connectivity index (χ4v) is 2.79. The molecular weight excluding hydrogens is 312 g/mol. The highest BCUT2D eigenvalue weighted by Gasteiger charge is 2.11.